The molecule has 2 amide bonds. The fraction of sp³-hybridized carbons (Fsp3) is 0.250. The number of rotatable bonds is 7. The lowest BCUT2D eigenvalue weighted by Crippen LogP contribution is -2.29. The van der Waals surface area contributed by atoms with Crippen molar-refractivity contribution in [1.29, 1.82) is 0 Å². The van der Waals surface area contributed by atoms with Crippen molar-refractivity contribution >= 4 is 18.0 Å². The molecule has 0 saturated carbocycles. The number of carbonyl (C=O) groups excluding carboxylic acids is 2. The van der Waals surface area contributed by atoms with Gasteiger partial charge in [-0.05, 0) is 62.6 Å². The largest absolute Gasteiger partial charge is 0.352 e. The molecule has 3 rings (SSSR count). The summed E-state index contributed by atoms with van der Waals surface area (Å²) in [6.45, 7) is 8.54. The number of hydrogen-bond donors (Lipinski definition) is 2. The highest BCUT2D eigenvalue weighted by molar-refractivity contribution is 5.97. The first kappa shape index (κ1) is 22.0. The molecule has 2 N–H and O–H groups in total. The number of amides is 2. The number of hydrazone groups is 1. The topological polar surface area (TPSA) is 88.4 Å². The van der Waals surface area contributed by atoms with Gasteiger partial charge in [0.1, 0.15) is 6.42 Å². The first-order valence-electron chi connectivity index (χ1n) is 10.1. The molecule has 31 heavy (non-hydrogen) atoms. The third-order valence-corrected chi connectivity index (χ3v) is 5.00. The second-order valence-electron chi connectivity index (χ2n) is 7.56. The monoisotopic (exact) mass is 417 g/mol. The minimum Gasteiger partial charge on any atom is -0.352 e. The van der Waals surface area contributed by atoms with Gasteiger partial charge in [0.15, 0.2) is 0 Å². The summed E-state index contributed by atoms with van der Waals surface area (Å²) in [7, 11) is 0. The zero-order chi connectivity index (χ0) is 22.4. The lowest BCUT2D eigenvalue weighted by atomic mass is 10.1. The predicted molar refractivity (Wildman–Crippen MR) is 121 cm³/mol. The summed E-state index contributed by atoms with van der Waals surface area (Å²) in [5.41, 5.74) is 9.80. The number of benzene rings is 1. The molecule has 0 fully saturated rings. The molecule has 0 unspecified atom stereocenters. The Labute approximate surface area is 182 Å². The van der Waals surface area contributed by atoms with Gasteiger partial charge in [-0.15, -0.1) is 0 Å². The van der Waals surface area contributed by atoms with E-state index in [-0.39, 0.29) is 12.3 Å². The van der Waals surface area contributed by atoms with Gasteiger partial charge in [0.2, 0.25) is 11.8 Å². The zero-order valence-electron chi connectivity index (χ0n) is 18.3. The Morgan fingerprint density at radius 2 is 1.90 bits per heavy atom. The SMILES string of the molecule is Cc1ccc(C)c(-n2c(C)cc(/C=N/NC(=O)CC(=O)NCc3cccnc3)c2C)c1. The first-order chi connectivity index (χ1) is 14.8. The summed E-state index contributed by atoms with van der Waals surface area (Å²) in [6.07, 6.45) is 4.64. The summed E-state index contributed by atoms with van der Waals surface area (Å²) >= 11 is 0. The maximum absolute atomic E-state index is 12.0. The van der Waals surface area contributed by atoms with E-state index in [4.69, 9.17) is 0 Å². The summed E-state index contributed by atoms with van der Waals surface area (Å²) in [5.74, 6) is -0.840. The van der Waals surface area contributed by atoms with Gasteiger partial charge in [0.25, 0.3) is 0 Å². The van der Waals surface area contributed by atoms with Crippen LogP contribution >= 0.6 is 0 Å². The van der Waals surface area contributed by atoms with Gasteiger partial charge in [0.05, 0.1) is 6.21 Å². The number of carbonyl (C=O) groups is 2. The first-order valence-corrected chi connectivity index (χ1v) is 10.1. The number of nitrogens with one attached hydrogen (secondary N) is 2. The van der Waals surface area contributed by atoms with Crippen LogP contribution in [0.15, 0.2) is 53.9 Å². The highest BCUT2D eigenvalue weighted by Gasteiger charge is 2.12. The molecule has 2 aromatic heterocycles. The van der Waals surface area contributed by atoms with Gasteiger partial charge in [-0.25, -0.2) is 5.43 Å². The van der Waals surface area contributed by atoms with Gasteiger partial charge >= 0.3 is 0 Å². The Morgan fingerprint density at radius 1 is 1.10 bits per heavy atom. The van der Waals surface area contributed by atoms with Gasteiger partial charge in [-0.3, -0.25) is 14.6 Å². The third kappa shape index (κ3) is 5.66. The van der Waals surface area contributed by atoms with E-state index in [0.29, 0.717) is 6.54 Å². The van der Waals surface area contributed by atoms with Crippen molar-refractivity contribution < 1.29 is 9.59 Å². The van der Waals surface area contributed by atoms with E-state index in [1.807, 2.05) is 26.0 Å². The molecule has 0 radical (unpaired) electrons. The zero-order valence-corrected chi connectivity index (χ0v) is 18.3. The molecule has 2 heterocycles. The number of aromatic nitrogens is 2. The number of aryl methyl sites for hydroxylation is 3. The van der Waals surface area contributed by atoms with Gasteiger partial charge in [-0.2, -0.15) is 5.10 Å². The van der Waals surface area contributed by atoms with Crippen LogP contribution in [0, 0.1) is 27.7 Å². The minimum atomic E-state index is -0.469. The van der Waals surface area contributed by atoms with Gasteiger partial charge in [0, 0.05) is 41.6 Å². The Balaban J connectivity index is 1.59. The molecular formula is C24H27N5O2. The summed E-state index contributed by atoms with van der Waals surface area (Å²) in [6, 6.07) is 12.0. The maximum Gasteiger partial charge on any atom is 0.249 e. The molecular weight excluding hydrogens is 390 g/mol. The van der Waals surface area contributed by atoms with Crippen LogP contribution in [-0.4, -0.2) is 27.6 Å². The molecule has 0 atom stereocenters. The molecule has 7 heteroatoms. The standard InChI is InChI=1S/C24H27N5O2/c1-16-7-8-17(2)22(10-16)29-18(3)11-21(19(29)4)15-27-28-24(31)12-23(30)26-14-20-6-5-9-25-13-20/h5-11,13,15H,12,14H2,1-4H3,(H,26,30)(H,28,31)/b27-15+. The Hall–Kier alpha value is -3.74. The quantitative estimate of drug-likeness (QED) is 0.351. The summed E-state index contributed by atoms with van der Waals surface area (Å²) in [5, 5.41) is 6.72. The third-order valence-electron chi connectivity index (χ3n) is 5.00. The molecule has 0 aliphatic carbocycles. The van der Waals surface area contributed by atoms with Crippen molar-refractivity contribution in [2.75, 3.05) is 0 Å². The lowest BCUT2D eigenvalue weighted by molar-refractivity contribution is -0.129. The van der Waals surface area contributed by atoms with Crippen molar-refractivity contribution in [3.05, 3.63) is 82.4 Å². The van der Waals surface area contributed by atoms with E-state index >= 15 is 0 Å². The van der Waals surface area contributed by atoms with E-state index in [0.717, 1.165) is 28.2 Å². The number of nitrogens with zero attached hydrogens (tertiary/aromatic N) is 3. The lowest BCUT2D eigenvalue weighted by Gasteiger charge is -2.13. The summed E-state index contributed by atoms with van der Waals surface area (Å²) in [4.78, 5) is 27.9. The molecule has 3 aromatic rings. The molecule has 0 spiro atoms. The average Bonchev–Trinajstić information content (AvgIpc) is 3.02. The highest BCUT2D eigenvalue weighted by Crippen LogP contribution is 2.23. The van der Waals surface area contributed by atoms with Crippen LogP contribution in [0.1, 0.15) is 40.1 Å². The highest BCUT2D eigenvalue weighted by atomic mass is 16.2. The molecule has 0 saturated heterocycles. The van der Waals surface area contributed by atoms with Crippen molar-refractivity contribution in [3.63, 3.8) is 0 Å². The molecule has 0 bridgehead atoms. The maximum atomic E-state index is 12.0. The van der Waals surface area contributed by atoms with Crippen molar-refractivity contribution in [1.82, 2.24) is 20.3 Å². The Morgan fingerprint density at radius 3 is 2.65 bits per heavy atom. The smallest absolute Gasteiger partial charge is 0.249 e. The van der Waals surface area contributed by atoms with Crippen molar-refractivity contribution in [2.24, 2.45) is 5.10 Å². The van der Waals surface area contributed by atoms with Crippen LogP contribution in [-0.2, 0) is 16.1 Å². The number of pyridine rings is 1. The summed E-state index contributed by atoms with van der Waals surface area (Å²) < 4.78 is 2.18. The van der Waals surface area contributed by atoms with E-state index in [9.17, 15) is 9.59 Å². The second kappa shape index (κ2) is 9.84. The van der Waals surface area contributed by atoms with Crippen LogP contribution in [0.5, 0.6) is 0 Å². The number of hydrogen-bond acceptors (Lipinski definition) is 4. The predicted octanol–water partition coefficient (Wildman–Crippen LogP) is 3.26. The van der Waals surface area contributed by atoms with Gasteiger partial charge in [-0.1, -0.05) is 18.2 Å². The fourth-order valence-electron chi connectivity index (χ4n) is 3.37. The van der Waals surface area contributed by atoms with E-state index < -0.39 is 5.91 Å². The molecule has 1 aromatic carbocycles. The van der Waals surface area contributed by atoms with Crippen LogP contribution in [0.2, 0.25) is 0 Å². The van der Waals surface area contributed by atoms with Crippen LogP contribution in [0.25, 0.3) is 5.69 Å². The van der Waals surface area contributed by atoms with Gasteiger partial charge < -0.3 is 9.88 Å². The second-order valence-corrected chi connectivity index (χ2v) is 7.56. The fourth-order valence-corrected chi connectivity index (χ4v) is 3.37. The molecule has 0 aliphatic heterocycles. The normalized spacial score (nSPS) is 11.0. The van der Waals surface area contributed by atoms with Crippen LogP contribution in [0.4, 0.5) is 0 Å². The van der Waals surface area contributed by atoms with Crippen LogP contribution < -0.4 is 10.7 Å². The Bertz CT molecular complexity index is 1120. The van der Waals surface area contributed by atoms with Crippen LogP contribution in [0.3, 0.4) is 0 Å². The van der Waals surface area contributed by atoms with Crippen molar-refractivity contribution in [3.8, 4) is 5.69 Å². The van der Waals surface area contributed by atoms with E-state index in [1.165, 1.54) is 11.1 Å². The molecule has 7 nitrogen and oxygen atoms in total. The minimum absolute atomic E-state index is 0.293. The Kier molecular flexibility index (Phi) is 6.97. The average molecular weight is 418 g/mol. The van der Waals surface area contributed by atoms with E-state index in [1.54, 1.807) is 24.7 Å². The molecule has 160 valence electrons. The van der Waals surface area contributed by atoms with E-state index in [2.05, 4.69) is 57.4 Å². The molecule has 0 aliphatic rings. The van der Waals surface area contributed by atoms with Crippen molar-refractivity contribution in [2.45, 2.75) is 40.7 Å².